The van der Waals surface area contributed by atoms with Gasteiger partial charge < -0.3 is 10.6 Å². The summed E-state index contributed by atoms with van der Waals surface area (Å²) in [5, 5.41) is 0. The lowest BCUT2D eigenvalue weighted by Gasteiger charge is -2.46. The smallest absolute Gasteiger partial charge is 0.239 e. The van der Waals surface area contributed by atoms with Gasteiger partial charge in [-0.1, -0.05) is 20.8 Å². The summed E-state index contributed by atoms with van der Waals surface area (Å²) in [7, 11) is 0. The zero-order valence-electron chi connectivity index (χ0n) is 14.7. The quantitative estimate of drug-likeness (QED) is 0.865. The highest BCUT2D eigenvalue weighted by Crippen LogP contribution is 2.30. The molecule has 2 saturated heterocycles. The van der Waals surface area contributed by atoms with E-state index in [9.17, 15) is 4.79 Å². The van der Waals surface area contributed by atoms with Crippen molar-refractivity contribution in [2.24, 2.45) is 11.1 Å². The summed E-state index contributed by atoms with van der Waals surface area (Å²) >= 11 is 0. The average Bonchev–Trinajstić information content (AvgIpc) is 2.48. The van der Waals surface area contributed by atoms with E-state index in [4.69, 9.17) is 5.73 Å². The van der Waals surface area contributed by atoms with Gasteiger partial charge >= 0.3 is 0 Å². The Morgan fingerprint density at radius 3 is 2.55 bits per heavy atom. The zero-order chi connectivity index (χ0) is 15.6. The number of amides is 1. The molecule has 0 spiro atoms. The lowest BCUT2D eigenvalue weighted by Crippen LogP contribution is -2.59. The molecule has 0 radical (unpaired) electrons. The molecule has 3 unspecified atom stereocenters. The fraction of sp³-hybridized carbons (Fsp3) is 0.941. The van der Waals surface area contributed by atoms with Crippen LogP contribution in [-0.2, 0) is 4.79 Å². The highest BCUT2D eigenvalue weighted by molar-refractivity contribution is 5.85. The van der Waals surface area contributed by atoms with Gasteiger partial charge in [0.15, 0.2) is 0 Å². The predicted molar refractivity (Wildman–Crippen MR) is 94.3 cm³/mol. The van der Waals surface area contributed by atoms with E-state index in [2.05, 4.69) is 37.5 Å². The van der Waals surface area contributed by atoms with Crippen LogP contribution in [0, 0.1) is 5.41 Å². The lowest BCUT2D eigenvalue weighted by atomic mass is 9.79. The maximum Gasteiger partial charge on any atom is 0.239 e. The van der Waals surface area contributed by atoms with Crippen LogP contribution in [0.25, 0.3) is 0 Å². The van der Waals surface area contributed by atoms with Gasteiger partial charge in [0.25, 0.3) is 0 Å². The van der Waals surface area contributed by atoms with E-state index in [-0.39, 0.29) is 29.9 Å². The Hall–Kier alpha value is -0.320. The fourth-order valence-electron chi connectivity index (χ4n) is 3.86. The number of halogens is 1. The molecule has 2 fully saturated rings. The van der Waals surface area contributed by atoms with Crippen molar-refractivity contribution in [1.82, 2.24) is 9.80 Å². The maximum absolute atomic E-state index is 12.9. The number of carbonyl (C=O) groups excluding carboxylic acids is 1. The Balaban J connectivity index is 0.00000242. The minimum Gasteiger partial charge on any atom is -0.338 e. The monoisotopic (exact) mass is 331 g/mol. The molecule has 0 bridgehead atoms. The van der Waals surface area contributed by atoms with Crippen LogP contribution < -0.4 is 5.73 Å². The van der Waals surface area contributed by atoms with Crippen molar-refractivity contribution in [2.45, 2.75) is 77.9 Å². The summed E-state index contributed by atoms with van der Waals surface area (Å²) in [5.41, 5.74) is 6.31. The van der Waals surface area contributed by atoms with Gasteiger partial charge in [0.05, 0.1) is 6.04 Å². The van der Waals surface area contributed by atoms with Crippen molar-refractivity contribution >= 4 is 18.3 Å². The second-order valence-corrected chi connectivity index (χ2v) is 7.62. The van der Waals surface area contributed by atoms with Crippen LogP contribution in [0.4, 0.5) is 0 Å². The molecule has 0 aromatic heterocycles. The Bertz CT molecular complexity index is 375. The minimum absolute atomic E-state index is 0. The van der Waals surface area contributed by atoms with E-state index in [0.717, 1.165) is 38.9 Å². The van der Waals surface area contributed by atoms with E-state index in [1.807, 2.05) is 0 Å². The van der Waals surface area contributed by atoms with E-state index < -0.39 is 0 Å². The van der Waals surface area contributed by atoms with Gasteiger partial charge in [-0.2, -0.15) is 0 Å². The van der Waals surface area contributed by atoms with Crippen LogP contribution in [0.3, 0.4) is 0 Å². The molecule has 2 aliphatic heterocycles. The molecule has 0 saturated carbocycles. The van der Waals surface area contributed by atoms with Gasteiger partial charge in [-0.15, -0.1) is 12.4 Å². The molecule has 130 valence electrons. The summed E-state index contributed by atoms with van der Waals surface area (Å²) in [6.45, 7) is 11.5. The first-order chi connectivity index (χ1) is 9.86. The van der Waals surface area contributed by atoms with Crippen molar-refractivity contribution in [3.05, 3.63) is 0 Å². The topological polar surface area (TPSA) is 49.6 Å². The molecule has 0 aliphatic carbocycles. The molecule has 4 nitrogen and oxygen atoms in total. The van der Waals surface area contributed by atoms with Crippen LogP contribution in [0.15, 0.2) is 0 Å². The molecule has 0 aromatic carbocycles. The third kappa shape index (κ3) is 4.15. The molecule has 0 aromatic rings. The molecule has 1 amide bonds. The molecule has 2 rings (SSSR count). The Morgan fingerprint density at radius 1 is 1.27 bits per heavy atom. The average molecular weight is 332 g/mol. The highest BCUT2D eigenvalue weighted by Gasteiger charge is 2.38. The summed E-state index contributed by atoms with van der Waals surface area (Å²) < 4.78 is 0. The van der Waals surface area contributed by atoms with Crippen molar-refractivity contribution in [3.8, 4) is 0 Å². The van der Waals surface area contributed by atoms with Crippen LogP contribution in [0.2, 0.25) is 0 Å². The van der Waals surface area contributed by atoms with E-state index >= 15 is 0 Å². The largest absolute Gasteiger partial charge is 0.338 e. The van der Waals surface area contributed by atoms with Crippen LogP contribution in [0.1, 0.15) is 59.8 Å². The normalized spacial score (nSPS) is 30.5. The number of nitrogens with zero attached hydrogens (tertiary/aromatic N) is 2. The van der Waals surface area contributed by atoms with E-state index in [1.54, 1.807) is 0 Å². The zero-order valence-corrected chi connectivity index (χ0v) is 15.5. The Labute approximate surface area is 142 Å². The molecule has 2 heterocycles. The number of likely N-dealkylation sites (tertiary alicyclic amines) is 2. The number of carbonyl (C=O) groups is 1. The number of hydrogen-bond donors (Lipinski definition) is 1. The van der Waals surface area contributed by atoms with Crippen molar-refractivity contribution < 1.29 is 4.79 Å². The van der Waals surface area contributed by atoms with Gasteiger partial charge in [0.2, 0.25) is 5.91 Å². The second kappa shape index (κ2) is 7.98. The second-order valence-electron chi connectivity index (χ2n) is 7.62. The third-order valence-electron chi connectivity index (χ3n) is 5.63. The summed E-state index contributed by atoms with van der Waals surface area (Å²) in [6.07, 6.45) is 5.66. The maximum atomic E-state index is 12.9. The van der Waals surface area contributed by atoms with Gasteiger partial charge in [-0.05, 0) is 44.4 Å². The number of hydrogen-bond acceptors (Lipinski definition) is 3. The third-order valence-corrected chi connectivity index (χ3v) is 5.63. The first kappa shape index (κ1) is 19.7. The SMILES string of the molecule is CCC1CCCCN1C(=O)C(C)N1CCC(N)C(C)(C)C1.Cl. The summed E-state index contributed by atoms with van der Waals surface area (Å²) in [4.78, 5) is 17.4. The fourth-order valence-corrected chi connectivity index (χ4v) is 3.86. The van der Waals surface area contributed by atoms with Crippen LogP contribution in [0.5, 0.6) is 0 Å². The highest BCUT2D eigenvalue weighted by atomic mass is 35.5. The van der Waals surface area contributed by atoms with E-state index in [1.165, 1.54) is 12.8 Å². The number of nitrogens with two attached hydrogens (primary N) is 1. The van der Waals surface area contributed by atoms with Gasteiger partial charge in [-0.3, -0.25) is 9.69 Å². The van der Waals surface area contributed by atoms with Gasteiger partial charge in [0, 0.05) is 31.7 Å². The Morgan fingerprint density at radius 2 is 1.95 bits per heavy atom. The van der Waals surface area contributed by atoms with E-state index in [0.29, 0.717) is 11.9 Å². The van der Waals surface area contributed by atoms with Crippen molar-refractivity contribution in [1.29, 1.82) is 0 Å². The first-order valence-electron chi connectivity index (χ1n) is 8.67. The Kier molecular flexibility index (Phi) is 7.16. The van der Waals surface area contributed by atoms with Gasteiger partial charge in [-0.25, -0.2) is 0 Å². The molecule has 5 heteroatoms. The molecule has 2 N–H and O–H groups in total. The predicted octanol–water partition coefficient (Wildman–Crippen LogP) is 2.65. The molecule has 3 atom stereocenters. The van der Waals surface area contributed by atoms with Crippen molar-refractivity contribution in [3.63, 3.8) is 0 Å². The molecule has 22 heavy (non-hydrogen) atoms. The van der Waals surface area contributed by atoms with Gasteiger partial charge in [0.1, 0.15) is 0 Å². The molecular formula is C17H34ClN3O. The standard InChI is InChI=1S/C17H33N3O.ClH/c1-5-14-8-6-7-10-20(14)16(21)13(2)19-11-9-15(18)17(3,4)12-19;/h13-15H,5-12,18H2,1-4H3;1H. The van der Waals surface area contributed by atoms with Crippen LogP contribution in [-0.4, -0.2) is 53.5 Å². The molecular weight excluding hydrogens is 298 g/mol. The summed E-state index contributed by atoms with van der Waals surface area (Å²) in [5.74, 6) is 0.327. The first-order valence-corrected chi connectivity index (χ1v) is 8.67. The van der Waals surface area contributed by atoms with Crippen molar-refractivity contribution in [2.75, 3.05) is 19.6 Å². The lowest BCUT2D eigenvalue weighted by molar-refractivity contribution is -0.141. The molecule has 2 aliphatic rings. The summed E-state index contributed by atoms with van der Waals surface area (Å²) in [6, 6.07) is 0.687. The number of rotatable bonds is 3. The number of piperidine rings is 2. The van der Waals surface area contributed by atoms with Crippen LogP contribution >= 0.6 is 12.4 Å². The minimum atomic E-state index is -0.0103.